The summed E-state index contributed by atoms with van der Waals surface area (Å²) in [6, 6.07) is 23.7. The first kappa shape index (κ1) is 19.3. The summed E-state index contributed by atoms with van der Waals surface area (Å²) in [5, 5.41) is 0.689. The number of aromatic nitrogens is 2. The van der Waals surface area contributed by atoms with E-state index in [0.717, 1.165) is 34.8 Å². The Labute approximate surface area is 175 Å². The number of halogens is 1. The van der Waals surface area contributed by atoms with Gasteiger partial charge in [-0.1, -0.05) is 42.8 Å². The number of aryl methyl sites for hydroxylation is 1. The molecule has 0 amide bonds. The molecule has 0 radical (unpaired) electrons. The molecule has 0 saturated carbocycles. The molecule has 3 aromatic carbocycles. The van der Waals surface area contributed by atoms with Crippen molar-refractivity contribution < 1.29 is 9.47 Å². The summed E-state index contributed by atoms with van der Waals surface area (Å²) in [5.41, 5.74) is 3.33. The lowest BCUT2D eigenvalue weighted by Gasteiger charge is -2.12. The van der Waals surface area contributed by atoms with Crippen molar-refractivity contribution in [3.63, 3.8) is 0 Å². The zero-order chi connectivity index (χ0) is 20.1. The average Bonchev–Trinajstić information content (AvgIpc) is 3.11. The molecule has 0 aliphatic carbocycles. The molecule has 1 heterocycles. The van der Waals surface area contributed by atoms with Gasteiger partial charge in [0.2, 0.25) is 0 Å². The monoisotopic (exact) mass is 406 g/mol. The third kappa shape index (κ3) is 4.72. The van der Waals surface area contributed by atoms with Gasteiger partial charge >= 0.3 is 0 Å². The maximum absolute atomic E-state index is 5.95. The fourth-order valence-corrected chi connectivity index (χ4v) is 3.37. The zero-order valence-corrected chi connectivity index (χ0v) is 17.1. The van der Waals surface area contributed by atoms with Crippen LogP contribution in [0.2, 0.25) is 5.02 Å². The van der Waals surface area contributed by atoms with Crippen LogP contribution in [0.3, 0.4) is 0 Å². The predicted molar refractivity (Wildman–Crippen MR) is 117 cm³/mol. The summed E-state index contributed by atoms with van der Waals surface area (Å²) in [6.07, 6.45) is 1.03. The van der Waals surface area contributed by atoms with Crippen molar-refractivity contribution in [2.45, 2.75) is 26.5 Å². The Hall–Kier alpha value is -2.98. The maximum atomic E-state index is 5.95. The van der Waals surface area contributed by atoms with E-state index >= 15 is 0 Å². The highest BCUT2D eigenvalue weighted by atomic mass is 35.5. The van der Waals surface area contributed by atoms with E-state index in [4.69, 9.17) is 26.1 Å². The number of imidazole rings is 1. The highest BCUT2D eigenvalue weighted by molar-refractivity contribution is 6.30. The first-order valence-electron chi connectivity index (χ1n) is 9.77. The minimum Gasteiger partial charge on any atom is -0.492 e. The Balaban J connectivity index is 1.47. The van der Waals surface area contributed by atoms with Gasteiger partial charge in [-0.2, -0.15) is 0 Å². The summed E-state index contributed by atoms with van der Waals surface area (Å²) in [4.78, 5) is 4.75. The molecule has 0 spiro atoms. The Kier molecular flexibility index (Phi) is 6.01. The molecule has 1 aromatic heterocycles. The molecule has 0 unspecified atom stereocenters. The van der Waals surface area contributed by atoms with Crippen molar-refractivity contribution in [2.24, 2.45) is 0 Å². The minimum absolute atomic E-state index is 0.376. The second-order valence-electron chi connectivity index (χ2n) is 6.76. The van der Waals surface area contributed by atoms with Gasteiger partial charge in [-0.15, -0.1) is 0 Å². The van der Waals surface area contributed by atoms with Gasteiger partial charge < -0.3 is 14.0 Å². The molecular formula is C24H23ClN2O2. The summed E-state index contributed by atoms with van der Waals surface area (Å²) in [5.74, 6) is 2.51. The third-order valence-electron chi connectivity index (χ3n) is 4.83. The van der Waals surface area contributed by atoms with Crippen molar-refractivity contribution in [3.05, 3.63) is 89.2 Å². The number of nitrogens with zero attached hydrogens (tertiary/aromatic N) is 2. The van der Waals surface area contributed by atoms with Crippen LogP contribution in [0.25, 0.3) is 11.0 Å². The lowest BCUT2D eigenvalue weighted by Crippen LogP contribution is -2.13. The molecule has 0 aliphatic rings. The van der Waals surface area contributed by atoms with Crippen LogP contribution < -0.4 is 9.47 Å². The minimum atomic E-state index is 0.376. The molecule has 0 aliphatic heterocycles. The van der Waals surface area contributed by atoms with Crippen LogP contribution in [0.1, 0.15) is 18.3 Å². The fraction of sp³-hybridized carbons (Fsp3) is 0.208. The van der Waals surface area contributed by atoms with E-state index in [0.29, 0.717) is 24.8 Å². The van der Waals surface area contributed by atoms with Gasteiger partial charge in [-0.05, 0) is 60.5 Å². The van der Waals surface area contributed by atoms with E-state index < -0.39 is 0 Å². The van der Waals surface area contributed by atoms with E-state index in [2.05, 4.69) is 29.7 Å². The average molecular weight is 407 g/mol. The topological polar surface area (TPSA) is 36.3 Å². The molecule has 4 aromatic rings. The van der Waals surface area contributed by atoms with Gasteiger partial charge in [0.25, 0.3) is 0 Å². The fourth-order valence-electron chi connectivity index (χ4n) is 3.24. The highest BCUT2D eigenvalue weighted by Gasteiger charge is 2.11. The lowest BCUT2D eigenvalue weighted by molar-refractivity contribution is 0.272. The molecular weight excluding hydrogens is 384 g/mol. The van der Waals surface area contributed by atoms with Gasteiger partial charge in [0, 0.05) is 5.02 Å². The smallest absolute Gasteiger partial charge is 0.148 e. The van der Waals surface area contributed by atoms with Gasteiger partial charge in [0.1, 0.15) is 30.5 Å². The van der Waals surface area contributed by atoms with Crippen LogP contribution in [-0.4, -0.2) is 16.2 Å². The summed E-state index contributed by atoms with van der Waals surface area (Å²) < 4.78 is 14.0. The standard InChI is InChI=1S/C24H23ClN2O2/c1-2-18-7-11-20(12-8-18)28-16-15-27-23-6-4-3-5-22(23)26-24(27)17-29-21-13-9-19(25)10-14-21/h3-14H,2,15-17H2,1H3. The largest absolute Gasteiger partial charge is 0.492 e. The molecule has 0 fully saturated rings. The van der Waals surface area contributed by atoms with Crippen molar-refractivity contribution in [3.8, 4) is 11.5 Å². The van der Waals surface area contributed by atoms with Gasteiger partial charge in [-0.3, -0.25) is 0 Å². The number of fused-ring (bicyclic) bond motifs is 1. The van der Waals surface area contributed by atoms with Crippen LogP contribution in [0.5, 0.6) is 11.5 Å². The molecule has 148 valence electrons. The van der Waals surface area contributed by atoms with E-state index in [1.165, 1.54) is 5.56 Å². The van der Waals surface area contributed by atoms with Crippen LogP contribution in [0.15, 0.2) is 72.8 Å². The van der Waals surface area contributed by atoms with E-state index in [9.17, 15) is 0 Å². The normalized spacial score (nSPS) is 11.0. The number of hydrogen-bond donors (Lipinski definition) is 0. The highest BCUT2D eigenvalue weighted by Crippen LogP contribution is 2.20. The Morgan fingerprint density at radius 3 is 2.31 bits per heavy atom. The number of ether oxygens (including phenoxy) is 2. The molecule has 29 heavy (non-hydrogen) atoms. The van der Waals surface area contributed by atoms with Gasteiger partial charge in [-0.25, -0.2) is 4.98 Å². The second kappa shape index (κ2) is 9.01. The Morgan fingerprint density at radius 1 is 0.862 bits per heavy atom. The van der Waals surface area contributed by atoms with Gasteiger partial charge in [0.05, 0.1) is 17.6 Å². The lowest BCUT2D eigenvalue weighted by atomic mass is 10.2. The molecule has 0 atom stereocenters. The van der Waals surface area contributed by atoms with Gasteiger partial charge in [0.15, 0.2) is 0 Å². The Morgan fingerprint density at radius 2 is 1.55 bits per heavy atom. The number of hydrogen-bond acceptors (Lipinski definition) is 3. The molecule has 0 N–H and O–H groups in total. The molecule has 4 nitrogen and oxygen atoms in total. The van der Waals surface area contributed by atoms with E-state index in [1.54, 1.807) is 0 Å². The van der Waals surface area contributed by atoms with Crippen molar-refractivity contribution in [2.75, 3.05) is 6.61 Å². The van der Waals surface area contributed by atoms with Crippen molar-refractivity contribution in [1.82, 2.24) is 9.55 Å². The molecule has 0 bridgehead atoms. The summed E-state index contributed by atoms with van der Waals surface area (Å²) in [7, 11) is 0. The van der Waals surface area contributed by atoms with Crippen LogP contribution in [0.4, 0.5) is 0 Å². The van der Waals surface area contributed by atoms with Crippen molar-refractivity contribution >= 4 is 22.6 Å². The van der Waals surface area contributed by atoms with Crippen LogP contribution >= 0.6 is 11.6 Å². The molecule has 0 saturated heterocycles. The summed E-state index contributed by atoms with van der Waals surface area (Å²) in [6.45, 7) is 3.77. The second-order valence-corrected chi connectivity index (χ2v) is 7.19. The predicted octanol–water partition coefficient (Wildman–Crippen LogP) is 5.91. The quantitative estimate of drug-likeness (QED) is 0.365. The SMILES string of the molecule is CCc1ccc(OCCn2c(COc3ccc(Cl)cc3)nc3ccccc32)cc1. The third-order valence-corrected chi connectivity index (χ3v) is 5.08. The number of para-hydroxylation sites is 2. The van der Waals surface area contributed by atoms with E-state index in [1.807, 2.05) is 54.6 Å². The first-order chi connectivity index (χ1) is 14.2. The Bertz CT molecular complexity index is 1070. The maximum Gasteiger partial charge on any atom is 0.148 e. The summed E-state index contributed by atoms with van der Waals surface area (Å²) >= 11 is 5.95. The van der Waals surface area contributed by atoms with Crippen molar-refractivity contribution in [1.29, 1.82) is 0 Å². The van der Waals surface area contributed by atoms with Crippen LogP contribution in [0, 0.1) is 0 Å². The van der Waals surface area contributed by atoms with Crippen LogP contribution in [-0.2, 0) is 19.6 Å². The number of benzene rings is 3. The number of rotatable bonds is 8. The molecule has 4 rings (SSSR count). The zero-order valence-electron chi connectivity index (χ0n) is 16.3. The molecule has 5 heteroatoms. The van der Waals surface area contributed by atoms with E-state index in [-0.39, 0.29) is 0 Å². The first-order valence-corrected chi connectivity index (χ1v) is 10.1.